The second-order valence-electron chi connectivity index (χ2n) is 12.2. The van der Waals surface area contributed by atoms with Crippen molar-refractivity contribution in [3.05, 3.63) is 151 Å². The summed E-state index contributed by atoms with van der Waals surface area (Å²) in [5.41, 5.74) is 5.89. The van der Waals surface area contributed by atoms with Gasteiger partial charge in [-0.15, -0.1) is 0 Å². The average Bonchev–Trinajstić information content (AvgIpc) is 3.05. The Morgan fingerprint density at radius 2 is 1.52 bits per heavy atom. The summed E-state index contributed by atoms with van der Waals surface area (Å²) in [5, 5.41) is 7.53. The Labute approximate surface area is 287 Å². The van der Waals surface area contributed by atoms with E-state index < -0.39 is 6.03 Å². The first-order chi connectivity index (χ1) is 23.1. The van der Waals surface area contributed by atoms with E-state index in [0.717, 1.165) is 46.1 Å². The Hall–Kier alpha value is -5.30. The molecular formula is C39H46B2N6O. The SMILES string of the molecule is C=C/C(=C\N(C)C)NC(=O)Nc1cc2cc(/C(C=C)=C(C)/C=C\C)nc(N(B(C)Cc3ccccc3)B(C)Cc3ccccc3)c2cn1. The van der Waals surface area contributed by atoms with Crippen molar-refractivity contribution in [2.75, 3.05) is 24.1 Å². The second kappa shape index (κ2) is 17.0. The number of urea groups is 1. The number of amides is 2. The largest absolute Gasteiger partial charge is 0.444 e. The van der Waals surface area contributed by atoms with E-state index in [9.17, 15) is 4.79 Å². The number of hydrogen-bond donors (Lipinski definition) is 2. The summed E-state index contributed by atoms with van der Waals surface area (Å²) >= 11 is 0. The molecule has 0 saturated heterocycles. The number of nitrogens with one attached hydrogen (secondary N) is 2. The highest BCUT2D eigenvalue weighted by Crippen LogP contribution is 2.33. The van der Waals surface area contributed by atoms with Gasteiger partial charge in [-0.2, -0.15) is 0 Å². The lowest BCUT2D eigenvalue weighted by molar-refractivity contribution is 0.254. The van der Waals surface area contributed by atoms with Crippen LogP contribution in [0.5, 0.6) is 0 Å². The number of fused-ring (bicyclic) bond motifs is 1. The van der Waals surface area contributed by atoms with E-state index in [-0.39, 0.29) is 13.7 Å². The summed E-state index contributed by atoms with van der Waals surface area (Å²) in [6.07, 6.45) is 12.8. The Balaban J connectivity index is 1.88. The second-order valence-corrected chi connectivity index (χ2v) is 12.2. The highest BCUT2D eigenvalue weighted by molar-refractivity contribution is 6.82. The maximum Gasteiger partial charge on any atom is 0.324 e. The molecule has 244 valence electrons. The van der Waals surface area contributed by atoms with E-state index >= 15 is 0 Å². The zero-order chi connectivity index (χ0) is 34.6. The van der Waals surface area contributed by atoms with Gasteiger partial charge in [0.05, 0.1) is 11.4 Å². The lowest BCUT2D eigenvalue weighted by atomic mass is 9.45. The molecule has 0 aliphatic rings. The van der Waals surface area contributed by atoms with Crippen LogP contribution in [0.3, 0.4) is 0 Å². The highest BCUT2D eigenvalue weighted by atomic mass is 16.2. The first-order valence-electron chi connectivity index (χ1n) is 16.4. The third-order valence-corrected chi connectivity index (χ3v) is 8.08. The minimum absolute atomic E-state index is 0.106. The summed E-state index contributed by atoms with van der Waals surface area (Å²) in [6.45, 7) is 16.8. The van der Waals surface area contributed by atoms with Crippen molar-refractivity contribution in [2.24, 2.45) is 0 Å². The number of benzene rings is 2. The van der Waals surface area contributed by atoms with Crippen molar-refractivity contribution in [1.29, 1.82) is 0 Å². The third-order valence-electron chi connectivity index (χ3n) is 8.08. The summed E-state index contributed by atoms with van der Waals surface area (Å²) in [6, 6.07) is 24.7. The first-order valence-corrected chi connectivity index (χ1v) is 16.4. The zero-order valence-electron chi connectivity index (χ0n) is 29.1. The quantitative estimate of drug-likeness (QED) is 0.107. The fraction of sp³-hybridized carbons (Fsp3) is 0.205. The Morgan fingerprint density at radius 1 is 0.917 bits per heavy atom. The van der Waals surface area contributed by atoms with Crippen LogP contribution in [-0.2, 0) is 12.6 Å². The smallest absolute Gasteiger partial charge is 0.324 e. The molecule has 7 nitrogen and oxygen atoms in total. The predicted molar refractivity (Wildman–Crippen MR) is 207 cm³/mol. The molecule has 0 fully saturated rings. The van der Waals surface area contributed by atoms with Gasteiger partial charge in [0.25, 0.3) is 0 Å². The summed E-state index contributed by atoms with van der Waals surface area (Å²) in [4.78, 5) is 24.9. The van der Waals surface area contributed by atoms with Crippen LogP contribution in [0.15, 0.2) is 134 Å². The van der Waals surface area contributed by atoms with Crippen LogP contribution < -0.4 is 15.4 Å². The van der Waals surface area contributed by atoms with Crippen LogP contribution in [0.2, 0.25) is 13.6 Å². The molecule has 2 amide bonds. The van der Waals surface area contributed by atoms with E-state index in [2.05, 4.69) is 110 Å². The topological polar surface area (TPSA) is 73.4 Å². The maximum absolute atomic E-state index is 13.0. The molecule has 2 aromatic carbocycles. The Bertz CT molecular complexity index is 1770. The highest BCUT2D eigenvalue weighted by Gasteiger charge is 2.30. The molecule has 0 bridgehead atoms. The van der Waals surface area contributed by atoms with Crippen molar-refractivity contribution in [3.63, 3.8) is 0 Å². The molecule has 0 aliphatic carbocycles. The molecule has 4 aromatic rings. The molecular weight excluding hydrogens is 590 g/mol. The van der Waals surface area contributed by atoms with Crippen LogP contribution in [0, 0.1) is 0 Å². The van der Waals surface area contributed by atoms with Gasteiger partial charge < -0.3 is 14.9 Å². The molecule has 0 unspecified atom stereocenters. The Kier molecular flexibility index (Phi) is 12.6. The number of rotatable bonds is 14. The van der Waals surface area contributed by atoms with E-state index in [1.165, 1.54) is 11.1 Å². The minimum atomic E-state index is -0.408. The van der Waals surface area contributed by atoms with Crippen molar-refractivity contribution in [3.8, 4) is 0 Å². The minimum Gasteiger partial charge on any atom is -0.444 e. The number of hydrogen-bond acceptors (Lipinski definition) is 5. The molecule has 48 heavy (non-hydrogen) atoms. The molecule has 9 heteroatoms. The van der Waals surface area contributed by atoms with Gasteiger partial charge >= 0.3 is 6.03 Å². The molecule has 2 N–H and O–H groups in total. The van der Waals surface area contributed by atoms with Gasteiger partial charge in [0.15, 0.2) is 0 Å². The molecule has 0 spiro atoms. The van der Waals surface area contributed by atoms with Crippen LogP contribution in [0.1, 0.15) is 30.7 Å². The zero-order valence-corrected chi connectivity index (χ0v) is 29.1. The van der Waals surface area contributed by atoms with Crippen molar-refractivity contribution >= 4 is 47.7 Å². The average molecular weight is 636 g/mol. The number of pyridine rings is 2. The number of aromatic nitrogens is 2. The fourth-order valence-electron chi connectivity index (χ4n) is 5.99. The van der Waals surface area contributed by atoms with Crippen LogP contribution >= 0.6 is 0 Å². The monoisotopic (exact) mass is 636 g/mol. The van der Waals surface area contributed by atoms with Crippen molar-refractivity contribution in [1.82, 2.24) is 20.2 Å². The van der Waals surface area contributed by atoms with E-state index in [4.69, 9.17) is 9.97 Å². The van der Waals surface area contributed by atoms with Crippen LogP contribution in [-0.4, -0.2) is 48.7 Å². The van der Waals surface area contributed by atoms with Gasteiger partial charge in [-0.25, -0.2) is 14.8 Å². The number of anilines is 2. The van der Waals surface area contributed by atoms with E-state index in [1.54, 1.807) is 12.3 Å². The third kappa shape index (κ3) is 9.38. The fourth-order valence-corrected chi connectivity index (χ4v) is 5.99. The number of carbonyl (C=O) groups is 1. The number of carbonyl (C=O) groups excluding carboxylic acids is 1. The standard InChI is InChI=1S/C39H46B2N6O/c1-9-18-29(4)34(11-3)36-23-32-24-37(45-39(48)43-33(10-2)28-46(7)8)42-27-35(32)38(44-36)47(40(5)25-30-19-14-12-15-20-30)41(6)26-31-21-16-13-17-22-31/h9-24,27-28H,2-3,25-26H2,1,4-8H3,(H2,42,43,45,48)/b18-9-,33-28+,34-29+. The van der Waals surface area contributed by atoms with Crippen LogP contribution in [0.25, 0.3) is 16.3 Å². The molecule has 2 aromatic heterocycles. The van der Waals surface area contributed by atoms with Crippen LogP contribution in [0.4, 0.5) is 16.4 Å². The summed E-state index contributed by atoms with van der Waals surface area (Å²) in [7, 11) is 3.76. The van der Waals surface area contributed by atoms with Crippen molar-refractivity contribution in [2.45, 2.75) is 40.1 Å². The lowest BCUT2D eigenvalue weighted by Crippen LogP contribution is -2.50. The normalized spacial score (nSPS) is 11.9. The molecule has 4 rings (SSSR count). The predicted octanol–water partition coefficient (Wildman–Crippen LogP) is 8.49. The van der Waals surface area contributed by atoms with Gasteiger partial charge in [0, 0.05) is 37.5 Å². The number of nitrogens with zero attached hydrogens (tertiary/aromatic N) is 4. The van der Waals surface area contributed by atoms with Gasteiger partial charge in [-0.05, 0) is 55.7 Å². The molecule has 0 saturated carbocycles. The summed E-state index contributed by atoms with van der Waals surface area (Å²) < 4.78 is 2.43. The molecule has 0 aliphatic heterocycles. The lowest BCUT2D eigenvalue weighted by Gasteiger charge is -2.35. The molecule has 2 heterocycles. The van der Waals surface area contributed by atoms with E-state index in [1.807, 2.05) is 62.5 Å². The van der Waals surface area contributed by atoms with Crippen molar-refractivity contribution < 1.29 is 4.79 Å². The number of allylic oxidation sites excluding steroid dienone is 6. The molecule has 0 atom stereocenters. The molecule has 0 radical (unpaired) electrons. The van der Waals surface area contributed by atoms with Gasteiger partial charge in [0.2, 0.25) is 13.7 Å². The van der Waals surface area contributed by atoms with Gasteiger partial charge in [-0.3, -0.25) is 5.32 Å². The maximum atomic E-state index is 13.0. The van der Waals surface area contributed by atoms with Gasteiger partial charge in [0.1, 0.15) is 11.6 Å². The Morgan fingerprint density at radius 3 is 2.04 bits per heavy atom. The first kappa shape index (κ1) is 35.6. The van der Waals surface area contributed by atoms with Gasteiger partial charge in [-0.1, -0.05) is 117 Å². The van der Waals surface area contributed by atoms with E-state index in [0.29, 0.717) is 11.5 Å². The summed E-state index contributed by atoms with van der Waals surface area (Å²) in [5.74, 6) is 1.26.